The highest BCUT2D eigenvalue weighted by Gasteiger charge is 2.23. The fourth-order valence-corrected chi connectivity index (χ4v) is 3.08. The third kappa shape index (κ3) is 3.32. The summed E-state index contributed by atoms with van der Waals surface area (Å²) in [7, 11) is -3.66. The number of anilines is 1. The summed E-state index contributed by atoms with van der Waals surface area (Å²) in [5.74, 6) is 0. The summed E-state index contributed by atoms with van der Waals surface area (Å²) >= 11 is 3.21. The number of halogens is 1. The number of rotatable bonds is 6. The highest BCUT2D eigenvalue weighted by atomic mass is 79.9. The van der Waals surface area contributed by atoms with Crippen LogP contribution in [0.5, 0.6) is 0 Å². The van der Waals surface area contributed by atoms with E-state index in [1.54, 1.807) is 6.07 Å². The molecule has 0 amide bonds. The van der Waals surface area contributed by atoms with Crippen molar-refractivity contribution in [2.45, 2.75) is 4.90 Å². The molecule has 0 unspecified atom stereocenters. The van der Waals surface area contributed by atoms with Crippen molar-refractivity contribution in [1.29, 1.82) is 0 Å². The van der Waals surface area contributed by atoms with E-state index >= 15 is 0 Å². The SMILES string of the molecule is C=CCN(CCO)S(=O)(=O)c1ccc(Br)c(N)c1. The van der Waals surface area contributed by atoms with Gasteiger partial charge in [-0.05, 0) is 34.1 Å². The molecular weight excluding hydrogens is 320 g/mol. The minimum atomic E-state index is -3.66. The standard InChI is InChI=1S/C11H15BrN2O3S/c1-2-5-14(6-7-15)18(16,17)9-3-4-10(12)11(13)8-9/h2-4,8,15H,1,5-7,13H2. The second kappa shape index (κ2) is 6.33. The molecule has 0 aromatic heterocycles. The van der Waals surface area contributed by atoms with Crippen molar-refractivity contribution in [2.75, 3.05) is 25.4 Å². The van der Waals surface area contributed by atoms with E-state index in [1.165, 1.54) is 18.2 Å². The first-order valence-electron chi connectivity index (χ1n) is 5.20. The Bertz CT molecular complexity index is 531. The Balaban J connectivity index is 3.17. The number of benzene rings is 1. The van der Waals surface area contributed by atoms with Crippen LogP contribution in [0.4, 0.5) is 5.69 Å². The normalized spacial score (nSPS) is 11.7. The van der Waals surface area contributed by atoms with Gasteiger partial charge in [-0.15, -0.1) is 6.58 Å². The van der Waals surface area contributed by atoms with Gasteiger partial charge in [0.2, 0.25) is 10.0 Å². The molecule has 0 bridgehead atoms. The Hall–Kier alpha value is -0.890. The minimum Gasteiger partial charge on any atom is -0.398 e. The molecule has 7 heteroatoms. The van der Waals surface area contributed by atoms with E-state index in [0.29, 0.717) is 10.2 Å². The molecule has 0 aliphatic heterocycles. The zero-order valence-electron chi connectivity index (χ0n) is 9.71. The van der Waals surface area contributed by atoms with Gasteiger partial charge in [-0.2, -0.15) is 4.31 Å². The van der Waals surface area contributed by atoms with Crippen LogP contribution in [0.15, 0.2) is 40.2 Å². The third-order valence-electron chi connectivity index (χ3n) is 2.29. The van der Waals surface area contributed by atoms with Gasteiger partial charge in [0.15, 0.2) is 0 Å². The molecule has 100 valence electrons. The predicted octanol–water partition coefficient (Wildman–Crippen LogP) is 1.20. The number of hydrogen-bond acceptors (Lipinski definition) is 4. The molecule has 0 spiro atoms. The largest absolute Gasteiger partial charge is 0.398 e. The summed E-state index contributed by atoms with van der Waals surface area (Å²) in [4.78, 5) is 0.0958. The first kappa shape index (κ1) is 15.2. The molecule has 0 atom stereocenters. The lowest BCUT2D eigenvalue weighted by Crippen LogP contribution is -2.33. The van der Waals surface area contributed by atoms with Gasteiger partial charge in [-0.25, -0.2) is 8.42 Å². The Morgan fingerprint density at radius 1 is 1.50 bits per heavy atom. The highest BCUT2D eigenvalue weighted by molar-refractivity contribution is 9.10. The number of nitrogens with zero attached hydrogens (tertiary/aromatic N) is 1. The second-order valence-electron chi connectivity index (χ2n) is 3.56. The van der Waals surface area contributed by atoms with Crippen LogP contribution in [-0.4, -0.2) is 37.5 Å². The number of aliphatic hydroxyl groups is 1. The third-order valence-corrected chi connectivity index (χ3v) is 4.87. The van der Waals surface area contributed by atoms with E-state index in [2.05, 4.69) is 22.5 Å². The summed E-state index contributed by atoms with van der Waals surface area (Å²) in [6.07, 6.45) is 1.47. The topological polar surface area (TPSA) is 83.6 Å². The van der Waals surface area contributed by atoms with Crippen LogP contribution in [0.25, 0.3) is 0 Å². The Kier molecular flexibility index (Phi) is 5.33. The molecule has 0 heterocycles. The first-order chi connectivity index (χ1) is 8.43. The van der Waals surface area contributed by atoms with Gasteiger partial charge in [0.1, 0.15) is 0 Å². The average molecular weight is 335 g/mol. The Morgan fingerprint density at radius 2 is 2.17 bits per heavy atom. The Labute approximate surface area is 115 Å². The summed E-state index contributed by atoms with van der Waals surface area (Å²) in [5.41, 5.74) is 6.01. The molecule has 18 heavy (non-hydrogen) atoms. The summed E-state index contributed by atoms with van der Waals surface area (Å²) in [6, 6.07) is 4.42. The van der Waals surface area contributed by atoms with Crippen LogP contribution >= 0.6 is 15.9 Å². The van der Waals surface area contributed by atoms with E-state index in [0.717, 1.165) is 4.31 Å². The van der Waals surface area contributed by atoms with Crippen LogP contribution in [0.3, 0.4) is 0 Å². The maximum absolute atomic E-state index is 12.3. The molecule has 5 nitrogen and oxygen atoms in total. The van der Waals surface area contributed by atoms with Gasteiger partial charge in [0, 0.05) is 23.2 Å². The van der Waals surface area contributed by atoms with Gasteiger partial charge in [0.05, 0.1) is 11.5 Å². The zero-order valence-corrected chi connectivity index (χ0v) is 12.1. The van der Waals surface area contributed by atoms with E-state index in [4.69, 9.17) is 10.8 Å². The van der Waals surface area contributed by atoms with Crippen LogP contribution in [0.2, 0.25) is 0 Å². The lowest BCUT2D eigenvalue weighted by atomic mass is 10.3. The Morgan fingerprint density at radius 3 is 2.67 bits per heavy atom. The summed E-state index contributed by atoms with van der Waals surface area (Å²) in [6.45, 7) is 3.41. The van der Waals surface area contributed by atoms with Crippen molar-refractivity contribution in [3.8, 4) is 0 Å². The number of aliphatic hydroxyl groups excluding tert-OH is 1. The molecule has 3 N–H and O–H groups in total. The molecular formula is C11H15BrN2O3S. The van der Waals surface area contributed by atoms with Crippen molar-refractivity contribution < 1.29 is 13.5 Å². The maximum Gasteiger partial charge on any atom is 0.243 e. The van der Waals surface area contributed by atoms with Gasteiger partial charge >= 0.3 is 0 Å². The minimum absolute atomic E-state index is 0.0182. The fraction of sp³-hybridized carbons (Fsp3) is 0.273. The van der Waals surface area contributed by atoms with E-state index in [-0.39, 0.29) is 24.6 Å². The molecule has 1 aromatic carbocycles. The second-order valence-corrected chi connectivity index (χ2v) is 6.35. The van der Waals surface area contributed by atoms with E-state index in [1.807, 2.05) is 0 Å². The van der Waals surface area contributed by atoms with Gasteiger partial charge in [-0.3, -0.25) is 0 Å². The van der Waals surface area contributed by atoms with Crippen molar-refractivity contribution in [3.63, 3.8) is 0 Å². The molecule has 1 aromatic rings. The zero-order chi connectivity index (χ0) is 13.8. The van der Waals surface area contributed by atoms with Crippen LogP contribution in [0, 0.1) is 0 Å². The number of nitrogen functional groups attached to an aromatic ring is 1. The number of hydrogen-bond donors (Lipinski definition) is 2. The predicted molar refractivity (Wildman–Crippen MR) is 74.6 cm³/mol. The quantitative estimate of drug-likeness (QED) is 0.604. The van der Waals surface area contributed by atoms with Crippen molar-refractivity contribution in [2.24, 2.45) is 0 Å². The summed E-state index contributed by atoms with van der Waals surface area (Å²) < 4.78 is 26.3. The molecule has 0 saturated heterocycles. The first-order valence-corrected chi connectivity index (χ1v) is 7.43. The highest BCUT2D eigenvalue weighted by Crippen LogP contribution is 2.24. The monoisotopic (exact) mass is 334 g/mol. The molecule has 0 fully saturated rings. The van der Waals surface area contributed by atoms with Crippen LogP contribution < -0.4 is 5.73 Å². The molecule has 0 aliphatic carbocycles. The average Bonchev–Trinajstić information content (AvgIpc) is 2.32. The van der Waals surface area contributed by atoms with E-state index < -0.39 is 10.0 Å². The van der Waals surface area contributed by atoms with Crippen molar-refractivity contribution in [3.05, 3.63) is 35.3 Å². The van der Waals surface area contributed by atoms with Gasteiger partial charge in [-0.1, -0.05) is 6.08 Å². The molecule has 0 radical (unpaired) electrons. The van der Waals surface area contributed by atoms with Gasteiger partial charge in [0.25, 0.3) is 0 Å². The van der Waals surface area contributed by atoms with Crippen molar-refractivity contribution >= 4 is 31.6 Å². The molecule has 1 rings (SSSR count). The van der Waals surface area contributed by atoms with Gasteiger partial charge < -0.3 is 10.8 Å². The number of nitrogens with two attached hydrogens (primary N) is 1. The fourth-order valence-electron chi connectivity index (χ4n) is 1.40. The smallest absolute Gasteiger partial charge is 0.243 e. The maximum atomic E-state index is 12.3. The number of sulfonamides is 1. The van der Waals surface area contributed by atoms with Crippen LogP contribution in [0.1, 0.15) is 0 Å². The lowest BCUT2D eigenvalue weighted by molar-refractivity contribution is 0.260. The van der Waals surface area contributed by atoms with Crippen molar-refractivity contribution in [1.82, 2.24) is 4.31 Å². The lowest BCUT2D eigenvalue weighted by Gasteiger charge is -2.19. The van der Waals surface area contributed by atoms with E-state index in [9.17, 15) is 8.42 Å². The summed E-state index contributed by atoms with van der Waals surface area (Å²) in [5, 5.41) is 8.90. The van der Waals surface area contributed by atoms with Crippen LogP contribution in [-0.2, 0) is 10.0 Å². The molecule has 0 aliphatic rings. The molecule has 0 saturated carbocycles.